The van der Waals surface area contributed by atoms with Gasteiger partial charge in [-0.25, -0.2) is 0 Å². The van der Waals surface area contributed by atoms with Gasteiger partial charge in [0, 0.05) is 32.0 Å². The Morgan fingerprint density at radius 2 is 2.00 bits per heavy atom. The van der Waals surface area contributed by atoms with Crippen molar-refractivity contribution in [3.05, 3.63) is 62.8 Å². The molecule has 0 saturated heterocycles. The van der Waals surface area contributed by atoms with Gasteiger partial charge in [0.25, 0.3) is 0 Å². The zero-order chi connectivity index (χ0) is 17.9. The number of ketones is 1. The molecular formula is C20H15BrN2O2. The quantitative estimate of drug-likeness (QED) is 0.651. The highest BCUT2D eigenvalue weighted by molar-refractivity contribution is 9.10. The van der Waals surface area contributed by atoms with E-state index in [0.717, 1.165) is 26.6 Å². The third kappa shape index (κ3) is 2.07. The molecular weight excluding hydrogens is 380 g/mol. The van der Waals surface area contributed by atoms with E-state index in [-0.39, 0.29) is 5.78 Å². The zero-order valence-electron chi connectivity index (χ0n) is 14.0. The number of methoxy groups -OCH3 is 1. The van der Waals surface area contributed by atoms with E-state index < -0.39 is 5.41 Å². The van der Waals surface area contributed by atoms with Crippen molar-refractivity contribution in [2.24, 2.45) is 0 Å². The van der Waals surface area contributed by atoms with Crippen molar-refractivity contribution in [1.29, 1.82) is 5.26 Å². The number of ether oxygens (including phenoxy) is 1. The maximum Gasteiger partial charge on any atom is 0.195 e. The fourth-order valence-electron chi connectivity index (χ4n) is 3.68. The van der Waals surface area contributed by atoms with Gasteiger partial charge in [-0.05, 0) is 29.8 Å². The van der Waals surface area contributed by atoms with Crippen LogP contribution in [0.5, 0.6) is 5.75 Å². The van der Waals surface area contributed by atoms with Gasteiger partial charge in [0.2, 0.25) is 0 Å². The number of nitrogens with one attached hydrogen (secondary N) is 1. The molecule has 1 aliphatic rings. The molecule has 1 N–H and O–H groups in total. The molecule has 1 heterocycles. The minimum Gasteiger partial charge on any atom is -0.495 e. The molecule has 0 atom stereocenters. The Morgan fingerprint density at radius 1 is 1.24 bits per heavy atom. The summed E-state index contributed by atoms with van der Waals surface area (Å²) < 4.78 is 6.30. The van der Waals surface area contributed by atoms with Gasteiger partial charge >= 0.3 is 0 Å². The average molecular weight is 395 g/mol. The number of halogens is 1. The standard InChI is InChI=1S/C20H15BrN2O2/c1-20(2)14-8-16(25-3)10(9-22)6-13(14)18(24)17-12-5-4-11(21)7-15(12)23-19(17)20/h4-8,23H,1-3H3. The Balaban J connectivity index is 2.09. The van der Waals surface area contributed by atoms with Crippen LogP contribution in [-0.2, 0) is 5.41 Å². The van der Waals surface area contributed by atoms with Crippen LogP contribution in [0.1, 0.15) is 46.6 Å². The van der Waals surface area contributed by atoms with Crippen molar-refractivity contribution < 1.29 is 9.53 Å². The minimum atomic E-state index is -0.411. The average Bonchev–Trinajstić information content (AvgIpc) is 2.98. The number of benzene rings is 2. The molecule has 25 heavy (non-hydrogen) atoms. The highest BCUT2D eigenvalue weighted by Crippen LogP contribution is 2.45. The molecule has 5 heteroatoms. The number of rotatable bonds is 1. The zero-order valence-corrected chi connectivity index (χ0v) is 15.6. The summed E-state index contributed by atoms with van der Waals surface area (Å²) in [6.07, 6.45) is 0. The van der Waals surface area contributed by atoms with Crippen molar-refractivity contribution in [3.63, 3.8) is 0 Å². The monoisotopic (exact) mass is 394 g/mol. The molecule has 4 nitrogen and oxygen atoms in total. The summed E-state index contributed by atoms with van der Waals surface area (Å²) >= 11 is 3.48. The SMILES string of the molecule is COc1cc2c(cc1C#N)C(=O)c1c([nH]c3cc(Br)ccc13)C2(C)C. The number of fused-ring (bicyclic) bond motifs is 4. The van der Waals surface area contributed by atoms with Crippen molar-refractivity contribution in [2.75, 3.05) is 7.11 Å². The van der Waals surface area contributed by atoms with E-state index in [9.17, 15) is 10.1 Å². The van der Waals surface area contributed by atoms with E-state index >= 15 is 0 Å². The first-order chi connectivity index (χ1) is 11.9. The predicted molar refractivity (Wildman–Crippen MR) is 99.3 cm³/mol. The lowest BCUT2D eigenvalue weighted by atomic mass is 9.71. The number of nitrogens with zero attached hydrogens (tertiary/aromatic N) is 1. The Hall–Kier alpha value is -2.58. The summed E-state index contributed by atoms with van der Waals surface area (Å²) in [5.41, 5.74) is 3.90. The van der Waals surface area contributed by atoms with Gasteiger partial charge in [-0.3, -0.25) is 4.79 Å². The topological polar surface area (TPSA) is 65.9 Å². The molecule has 3 aromatic rings. The lowest BCUT2D eigenvalue weighted by Gasteiger charge is -2.32. The van der Waals surface area contributed by atoms with E-state index in [0.29, 0.717) is 22.4 Å². The summed E-state index contributed by atoms with van der Waals surface area (Å²) in [6, 6.07) is 11.4. The van der Waals surface area contributed by atoms with E-state index in [1.807, 2.05) is 24.3 Å². The van der Waals surface area contributed by atoms with Crippen LogP contribution in [-0.4, -0.2) is 17.9 Å². The summed E-state index contributed by atoms with van der Waals surface area (Å²) in [5.74, 6) is 0.432. The summed E-state index contributed by atoms with van der Waals surface area (Å²) in [4.78, 5) is 16.7. The van der Waals surface area contributed by atoms with Gasteiger partial charge in [0.05, 0.1) is 18.2 Å². The highest BCUT2D eigenvalue weighted by Gasteiger charge is 2.40. The molecule has 0 bridgehead atoms. The Bertz CT molecular complexity index is 1100. The maximum absolute atomic E-state index is 13.2. The normalized spacial score (nSPS) is 14.8. The third-order valence-electron chi connectivity index (χ3n) is 4.99. The number of carbonyl (C=O) groups excluding carboxylic acids is 1. The van der Waals surface area contributed by atoms with Crippen LogP contribution in [0.15, 0.2) is 34.8 Å². The number of carbonyl (C=O) groups is 1. The first kappa shape index (κ1) is 15.9. The maximum atomic E-state index is 13.2. The molecule has 2 aromatic carbocycles. The lowest BCUT2D eigenvalue weighted by Crippen LogP contribution is -2.30. The van der Waals surface area contributed by atoms with Crippen molar-refractivity contribution in [1.82, 2.24) is 4.98 Å². The van der Waals surface area contributed by atoms with Gasteiger partial charge in [-0.15, -0.1) is 0 Å². The molecule has 0 amide bonds. The smallest absolute Gasteiger partial charge is 0.195 e. The van der Waals surface area contributed by atoms with Crippen molar-refractivity contribution in [2.45, 2.75) is 19.3 Å². The van der Waals surface area contributed by atoms with Gasteiger partial charge < -0.3 is 9.72 Å². The van der Waals surface area contributed by atoms with E-state index in [1.165, 1.54) is 7.11 Å². The number of hydrogen-bond acceptors (Lipinski definition) is 3. The molecule has 1 aliphatic carbocycles. The molecule has 0 saturated carbocycles. The minimum absolute atomic E-state index is 0.0583. The van der Waals surface area contributed by atoms with Gasteiger partial charge in [-0.2, -0.15) is 5.26 Å². The van der Waals surface area contributed by atoms with E-state index in [1.54, 1.807) is 6.07 Å². The largest absolute Gasteiger partial charge is 0.495 e. The van der Waals surface area contributed by atoms with Crippen LogP contribution in [0.25, 0.3) is 10.9 Å². The third-order valence-corrected chi connectivity index (χ3v) is 5.48. The number of H-pyrrole nitrogens is 1. The lowest BCUT2D eigenvalue weighted by molar-refractivity contribution is 0.103. The molecule has 4 rings (SSSR count). The fraction of sp³-hybridized carbons (Fsp3) is 0.200. The van der Waals surface area contributed by atoms with Gasteiger partial charge in [-0.1, -0.05) is 35.8 Å². The molecule has 0 fully saturated rings. The molecule has 0 aliphatic heterocycles. The first-order valence-corrected chi connectivity index (χ1v) is 8.66. The molecule has 124 valence electrons. The summed E-state index contributed by atoms with van der Waals surface area (Å²) in [7, 11) is 1.53. The van der Waals surface area contributed by atoms with Crippen LogP contribution in [0.3, 0.4) is 0 Å². The second-order valence-corrected chi connectivity index (χ2v) is 7.64. The van der Waals surface area contributed by atoms with Crippen LogP contribution in [0.2, 0.25) is 0 Å². The van der Waals surface area contributed by atoms with Crippen molar-refractivity contribution in [3.8, 4) is 11.8 Å². The van der Waals surface area contributed by atoms with Crippen LogP contribution in [0.4, 0.5) is 0 Å². The summed E-state index contributed by atoms with van der Waals surface area (Å²) in [5, 5.41) is 10.3. The number of nitriles is 1. The predicted octanol–water partition coefficient (Wildman–Crippen LogP) is 4.68. The Labute approximate surface area is 153 Å². The molecule has 0 spiro atoms. The Kier molecular flexibility index (Phi) is 3.32. The highest BCUT2D eigenvalue weighted by atomic mass is 79.9. The van der Waals surface area contributed by atoms with Crippen molar-refractivity contribution >= 4 is 32.6 Å². The first-order valence-electron chi connectivity index (χ1n) is 7.87. The number of hydrogen-bond donors (Lipinski definition) is 1. The van der Waals surface area contributed by atoms with Crippen LogP contribution < -0.4 is 4.74 Å². The molecule has 1 aromatic heterocycles. The summed E-state index contributed by atoms with van der Waals surface area (Å²) in [6.45, 7) is 4.15. The fourth-order valence-corrected chi connectivity index (χ4v) is 4.05. The van der Waals surface area contributed by atoms with Gasteiger partial charge in [0.15, 0.2) is 5.78 Å². The Morgan fingerprint density at radius 3 is 2.68 bits per heavy atom. The van der Waals surface area contributed by atoms with E-state index in [2.05, 4.69) is 40.8 Å². The number of aromatic nitrogens is 1. The van der Waals surface area contributed by atoms with Crippen LogP contribution >= 0.6 is 15.9 Å². The number of aromatic amines is 1. The molecule has 0 unspecified atom stereocenters. The van der Waals surface area contributed by atoms with Crippen LogP contribution in [0, 0.1) is 11.3 Å². The second kappa shape index (κ2) is 5.21. The second-order valence-electron chi connectivity index (χ2n) is 6.73. The molecule has 0 radical (unpaired) electrons. The van der Waals surface area contributed by atoms with E-state index in [4.69, 9.17) is 4.74 Å². The van der Waals surface area contributed by atoms with Gasteiger partial charge in [0.1, 0.15) is 11.8 Å².